The SMILES string of the molecule is O=C(O)CCCCC(S)CS. The molecule has 0 saturated carbocycles. The van der Waals surface area contributed by atoms with Gasteiger partial charge in [0.1, 0.15) is 0 Å². The summed E-state index contributed by atoms with van der Waals surface area (Å²) in [5, 5.41) is 8.61. The maximum Gasteiger partial charge on any atom is 0.303 e. The largest absolute Gasteiger partial charge is 0.481 e. The van der Waals surface area contributed by atoms with Gasteiger partial charge in [-0.2, -0.15) is 25.3 Å². The molecule has 1 atom stereocenters. The third kappa shape index (κ3) is 8.07. The van der Waals surface area contributed by atoms with Gasteiger partial charge in [0.05, 0.1) is 0 Å². The highest BCUT2D eigenvalue weighted by Gasteiger charge is 2.01. The molecule has 0 saturated heterocycles. The highest BCUT2D eigenvalue weighted by Crippen LogP contribution is 2.09. The van der Waals surface area contributed by atoms with Gasteiger partial charge in [0.2, 0.25) is 0 Å². The van der Waals surface area contributed by atoms with E-state index in [1.54, 1.807) is 0 Å². The number of thiol groups is 2. The first-order valence-electron chi connectivity index (χ1n) is 3.67. The van der Waals surface area contributed by atoms with Gasteiger partial charge in [-0.25, -0.2) is 0 Å². The molecule has 66 valence electrons. The molecular weight excluding hydrogens is 180 g/mol. The van der Waals surface area contributed by atoms with E-state index in [4.69, 9.17) is 5.11 Å². The predicted octanol–water partition coefficient (Wildman–Crippen LogP) is 1.86. The zero-order valence-corrected chi connectivity index (χ0v) is 8.15. The summed E-state index contributed by atoms with van der Waals surface area (Å²) in [6.07, 6.45) is 2.91. The lowest BCUT2D eigenvalue weighted by Crippen LogP contribution is -2.01. The van der Waals surface area contributed by atoms with E-state index >= 15 is 0 Å². The number of carbonyl (C=O) groups is 1. The van der Waals surface area contributed by atoms with Crippen LogP contribution in [0.25, 0.3) is 0 Å². The molecule has 11 heavy (non-hydrogen) atoms. The van der Waals surface area contributed by atoms with Crippen molar-refractivity contribution in [3.05, 3.63) is 0 Å². The summed E-state index contributed by atoms with van der Waals surface area (Å²) in [6, 6.07) is 0. The lowest BCUT2D eigenvalue weighted by Gasteiger charge is -2.04. The van der Waals surface area contributed by atoms with Crippen molar-refractivity contribution >= 4 is 31.2 Å². The van der Waals surface area contributed by atoms with Crippen LogP contribution in [0.1, 0.15) is 25.7 Å². The normalized spacial score (nSPS) is 12.9. The summed E-state index contributed by atoms with van der Waals surface area (Å²) < 4.78 is 0. The van der Waals surface area contributed by atoms with Crippen LogP contribution in [0.15, 0.2) is 0 Å². The Bertz CT molecular complexity index is 117. The summed E-state index contributed by atoms with van der Waals surface area (Å²) in [5.41, 5.74) is 0. The molecule has 0 fully saturated rings. The number of unbranched alkanes of at least 4 members (excludes halogenated alkanes) is 1. The average molecular weight is 194 g/mol. The van der Waals surface area contributed by atoms with E-state index in [1.807, 2.05) is 0 Å². The van der Waals surface area contributed by atoms with Crippen molar-refractivity contribution in [2.75, 3.05) is 5.75 Å². The molecule has 0 aliphatic heterocycles. The maximum absolute atomic E-state index is 10.1. The molecule has 0 rings (SSSR count). The maximum atomic E-state index is 10.1. The van der Waals surface area contributed by atoms with Gasteiger partial charge in [0.15, 0.2) is 0 Å². The molecule has 1 N–H and O–H groups in total. The van der Waals surface area contributed by atoms with Crippen molar-refractivity contribution < 1.29 is 9.90 Å². The van der Waals surface area contributed by atoms with Crippen molar-refractivity contribution in [3.8, 4) is 0 Å². The van der Waals surface area contributed by atoms with E-state index in [1.165, 1.54) is 0 Å². The molecule has 0 aliphatic carbocycles. The minimum Gasteiger partial charge on any atom is -0.481 e. The zero-order valence-electron chi connectivity index (χ0n) is 6.36. The minimum atomic E-state index is -0.716. The lowest BCUT2D eigenvalue weighted by atomic mass is 10.1. The van der Waals surface area contributed by atoms with Crippen LogP contribution in [0.5, 0.6) is 0 Å². The molecule has 0 bridgehead atoms. The number of hydrogen-bond donors (Lipinski definition) is 3. The molecule has 0 aromatic rings. The first-order chi connectivity index (χ1) is 5.16. The summed E-state index contributed by atoms with van der Waals surface area (Å²) in [5.74, 6) is 0.0440. The van der Waals surface area contributed by atoms with Gasteiger partial charge in [-0.1, -0.05) is 6.42 Å². The molecule has 0 spiro atoms. The van der Waals surface area contributed by atoms with Crippen LogP contribution in [0.2, 0.25) is 0 Å². The zero-order chi connectivity index (χ0) is 8.69. The van der Waals surface area contributed by atoms with Crippen molar-refractivity contribution in [2.24, 2.45) is 0 Å². The molecule has 2 nitrogen and oxygen atoms in total. The van der Waals surface area contributed by atoms with Gasteiger partial charge < -0.3 is 5.11 Å². The summed E-state index contributed by atoms with van der Waals surface area (Å²) in [6.45, 7) is 0. The fourth-order valence-corrected chi connectivity index (χ4v) is 1.11. The van der Waals surface area contributed by atoms with Crippen molar-refractivity contribution in [1.29, 1.82) is 0 Å². The Morgan fingerprint density at radius 1 is 1.45 bits per heavy atom. The second-order valence-corrected chi connectivity index (χ2v) is 3.57. The molecule has 4 heteroatoms. The number of carboxylic acids is 1. The van der Waals surface area contributed by atoms with E-state index in [9.17, 15) is 4.79 Å². The van der Waals surface area contributed by atoms with Crippen molar-refractivity contribution in [3.63, 3.8) is 0 Å². The average Bonchev–Trinajstić information content (AvgIpc) is 1.97. The van der Waals surface area contributed by atoms with E-state index in [0.29, 0.717) is 5.25 Å². The Balaban J connectivity index is 3.08. The van der Waals surface area contributed by atoms with Crippen LogP contribution in [0.4, 0.5) is 0 Å². The van der Waals surface area contributed by atoms with Gasteiger partial charge in [0, 0.05) is 17.4 Å². The van der Waals surface area contributed by atoms with E-state index < -0.39 is 5.97 Å². The molecule has 0 amide bonds. The van der Waals surface area contributed by atoms with Gasteiger partial charge in [-0.05, 0) is 12.8 Å². The minimum absolute atomic E-state index is 0.271. The molecule has 0 radical (unpaired) electrons. The van der Waals surface area contributed by atoms with E-state index in [0.717, 1.165) is 25.0 Å². The van der Waals surface area contributed by atoms with Crippen LogP contribution in [0, 0.1) is 0 Å². The topological polar surface area (TPSA) is 37.3 Å². The molecule has 0 aromatic heterocycles. The third-order valence-corrected chi connectivity index (χ3v) is 2.56. The lowest BCUT2D eigenvalue weighted by molar-refractivity contribution is -0.137. The Morgan fingerprint density at radius 3 is 2.55 bits per heavy atom. The Kier molecular flexibility index (Phi) is 6.96. The summed E-state index contributed by atoms with van der Waals surface area (Å²) in [7, 11) is 0. The smallest absolute Gasteiger partial charge is 0.303 e. The Labute approximate surface area is 78.2 Å². The van der Waals surface area contributed by atoms with Gasteiger partial charge >= 0.3 is 5.97 Å². The summed E-state index contributed by atoms with van der Waals surface area (Å²) in [4.78, 5) is 10.1. The Hall–Kier alpha value is 0.170. The molecule has 0 heterocycles. The predicted molar refractivity (Wildman–Crippen MR) is 52.7 cm³/mol. The highest BCUT2D eigenvalue weighted by molar-refractivity contribution is 7.84. The van der Waals surface area contributed by atoms with Gasteiger partial charge in [-0.3, -0.25) is 4.79 Å². The van der Waals surface area contributed by atoms with Crippen LogP contribution < -0.4 is 0 Å². The first-order valence-corrected chi connectivity index (χ1v) is 4.82. The monoisotopic (exact) mass is 194 g/mol. The second kappa shape index (κ2) is 6.85. The van der Waals surface area contributed by atoms with E-state index in [-0.39, 0.29) is 6.42 Å². The van der Waals surface area contributed by atoms with Crippen LogP contribution in [0.3, 0.4) is 0 Å². The molecule has 0 aromatic carbocycles. The summed E-state index contributed by atoms with van der Waals surface area (Å²) >= 11 is 8.30. The molecular formula is C7H14O2S2. The fraction of sp³-hybridized carbons (Fsp3) is 0.857. The van der Waals surface area contributed by atoms with Crippen LogP contribution in [-0.4, -0.2) is 22.1 Å². The highest BCUT2D eigenvalue weighted by atomic mass is 32.1. The number of aliphatic carboxylic acids is 1. The van der Waals surface area contributed by atoms with Crippen molar-refractivity contribution in [1.82, 2.24) is 0 Å². The second-order valence-electron chi connectivity index (χ2n) is 2.48. The number of rotatable bonds is 6. The number of hydrogen-bond acceptors (Lipinski definition) is 3. The van der Waals surface area contributed by atoms with Gasteiger partial charge in [0.25, 0.3) is 0 Å². The number of carboxylic acid groups (broad SMARTS) is 1. The quantitative estimate of drug-likeness (QED) is 0.446. The first kappa shape index (κ1) is 11.2. The van der Waals surface area contributed by atoms with Gasteiger partial charge in [-0.15, -0.1) is 0 Å². The van der Waals surface area contributed by atoms with Crippen molar-refractivity contribution in [2.45, 2.75) is 30.9 Å². The van der Waals surface area contributed by atoms with E-state index in [2.05, 4.69) is 25.3 Å². The Morgan fingerprint density at radius 2 is 2.09 bits per heavy atom. The van der Waals surface area contributed by atoms with Crippen LogP contribution in [-0.2, 0) is 4.79 Å². The van der Waals surface area contributed by atoms with Crippen LogP contribution >= 0.6 is 25.3 Å². The fourth-order valence-electron chi connectivity index (χ4n) is 0.747. The third-order valence-electron chi connectivity index (χ3n) is 1.39. The standard InChI is InChI=1S/C7H14O2S2/c8-7(9)4-2-1-3-6(11)5-10/h6,10-11H,1-5H2,(H,8,9). The molecule has 1 unspecified atom stereocenters. The molecule has 0 aliphatic rings.